The quantitative estimate of drug-likeness (QED) is 0.380. The SMILES string of the molecule is COC(=O)/C=C/CCN1C(=O)CCC1=O. The second-order valence-electron chi connectivity index (χ2n) is 3.15. The molecule has 0 spiro atoms. The van der Waals surface area contributed by atoms with Gasteiger partial charge < -0.3 is 4.74 Å². The molecule has 0 radical (unpaired) electrons. The first-order valence-corrected chi connectivity index (χ1v) is 4.73. The molecule has 1 aliphatic rings. The molecule has 1 aliphatic heterocycles. The molecule has 82 valence electrons. The van der Waals surface area contributed by atoms with Crippen molar-refractivity contribution in [3.63, 3.8) is 0 Å². The molecule has 1 fully saturated rings. The number of hydrogen-bond donors (Lipinski definition) is 0. The van der Waals surface area contributed by atoms with E-state index in [0.29, 0.717) is 25.8 Å². The number of rotatable bonds is 4. The molecule has 5 heteroatoms. The first kappa shape index (κ1) is 11.4. The lowest BCUT2D eigenvalue weighted by molar-refractivity contribution is -0.138. The molecular formula is C10H13NO4. The van der Waals surface area contributed by atoms with Gasteiger partial charge in [-0.25, -0.2) is 4.79 Å². The Labute approximate surface area is 87.7 Å². The fourth-order valence-electron chi connectivity index (χ4n) is 1.32. The van der Waals surface area contributed by atoms with Crippen LogP contribution in [0.5, 0.6) is 0 Å². The average Bonchev–Trinajstić information content (AvgIpc) is 2.54. The Bertz CT molecular complexity index is 293. The third kappa shape index (κ3) is 3.19. The first-order chi connectivity index (χ1) is 7.15. The smallest absolute Gasteiger partial charge is 0.330 e. The molecule has 2 amide bonds. The van der Waals surface area contributed by atoms with Gasteiger partial charge in [-0.2, -0.15) is 0 Å². The molecule has 1 rings (SSSR count). The first-order valence-electron chi connectivity index (χ1n) is 4.73. The lowest BCUT2D eigenvalue weighted by Gasteiger charge is -2.11. The van der Waals surface area contributed by atoms with Crippen LogP contribution < -0.4 is 0 Å². The van der Waals surface area contributed by atoms with E-state index in [1.165, 1.54) is 18.1 Å². The fourth-order valence-corrected chi connectivity index (χ4v) is 1.32. The molecule has 5 nitrogen and oxygen atoms in total. The summed E-state index contributed by atoms with van der Waals surface area (Å²) in [4.78, 5) is 34.2. The molecule has 0 N–H and O–H groups in total. The molecule has 0 aromatic rings. The molecule has 0 bridgehead atoms. The van der Waals surface area contributed by atoms with E-state index < -0.39 is 5.97 Å². The highest BCUT2D eigenvalue weighted by atomic mass is 16.5. The van der Waals surface area contributed by atoms with Gasteiger partial charge in [0.25, 0.3) is 0 Å². The summed E-state index contributed by atoms with van der Waals surface area (Å²) in [5, 5.41) is 0. The van der Waals surface area contributed by atoms with E-state index >= 15 is 0 Å². The molecular weight excluding hydrogens is 198 g/mol. The number of nitrogens with zero attached hydrogens (tertiary/aromatic N) is 1. The van der Waals surface area contributed by atoms with Crippen LogP contribution in [0.1, 0.15) is 19.3 Å². The minimum absolute atomic E-state index is 0.133. The summed E-state index contributed by atoms with van der Waals surface area (Å²) in [6.45, 7) is 0.338. The zero-order valence-corrected chi connectivity index (χ0v) is 8.56. The van der Waals surface area contributed by atoms with Crippen LogP contribution in [-0.2, 0) is 19.1 Å². The van der Waals surface area contributed by atoms with Crippen molar-refractivity contribution in [2.24, 2.45) is 0 Å². The Morgan fingerprint density at radius 3 is 2.53 bits per heavy atom. The summed E-state index contributed by atoms with van der Waals surface area (Å²) in [5.74, 6) is -0.702. The topological polar surface area (TPSA) is 63.7 Å². The van der Waals surface area contributed by atoms with E-state index in [1.807, 2.05) is 0 Å². The van der Waals surface area contributed by atoms with Gasteiger partial charge in [0.15, 0.2) is 0 Å². The summed E-state index contributed by atoms with van der Waals surface area (Å²) in [6.07, 6.45) is 3.96. The van der Waals surface area contributed by atoms with Crippen molar-refractivity contribution in [3.8, 4) is 0 Å². The van der Waals surface area contributed by atoms with E-state index in [4.69, 9.17) is 0 Å². The van der Waals surface area contributed by atoms with E-state index in [0.717, 1.165) is 0 Å². The standard InChI is InChI=1S/C10H13NO4/c1-15-10(14)4-2-3-7-11-8(12)5-6-9(11)13/h2,4H,3,5-7H2,1H3/b4-2+. The van der Waals surface area contributed by atoms with Crippen molar-refractivity contribution in [2.75, 3.05) is 13.7 Å². The van der Waals surface area contributed by atoms with Crippen LogP contribution in [0.25, 0.3) is 0 Å². The number of carbonyl (C=O) groups excluding carboxylic acids is 3. The van der Waals surface area contributed by atoms with Crippen LogP contribution in [0, 0.1) is 0 Å². The predicted octanol–water partition coefficient (Wildman–Crippen LogP) is 0.255. The van der Waals surface area contributed by atoms with Gasteiger partial charge in [-0.05, 0) is 6.42 Å². The number of amides is 2. The summed E-state index contributed by atoms with van der Waals surface area (Å²) in [7, 11) is 1.29. The number of hydrogen-bond acceptors (Lipinski definition) is 4. The van der Waals surface area contributed by atoms with Gasteiger partial charge in [-0.3, -0.25) is 14.5 Å². The number of likely N-dealkylation sites (tertiary alicyclic amines) is 1. The van der Waals surface area contributed by atoms with Crippen molar-refractivity contribution >= 4 is 17.8 Å². The third-order valence-corrected chi connectivity index (χ3v) is 2.13. The van der Waals surface area contributed by atoms with Gasteiger partial charge >= 0.3 is 5.97 Å². The summed E-state index contributed by atoms with van der Waals surface area (Å²) >= 11 is 0. The Kier molecular flexibility index (Phi) is 4.03. The minimum atomic E-state index is -0.436. The van der Waals surface area contributed by atoms with Crippen LogP contribution in [0.2, 0.25) is 0 Å². The summed E-state index contributed by atoms with van der Waals surface area (Å²) < 4.78 is 4.39. The lowest BCUT2D eigenvalue weighted by atomic mass is 10.3. The number of esters is 1. The number of carbonyl (C=O) groups is 3. The van der Waals surface area contributed by atoms with Crippen LogP contribution in [-0.4, -0.2) is 36.3 Å². The van der Waals surface area contributed by atoms with Gasteiger partial charge in [0.2, 0.25) is 11.8 Å². The molecule has 15 heavy (non-hydrogen) atoms. The highest BCUT2D eigenvalue weighted by Gasteiger charge is 2.27. The molecule has 0 atom stereocenters. The van der Waals surface area contributed by atoms with Crippen LogP contribution >= 0.6 is 0 Å². The van der Waals surface area contributed by atoms with Crippen molar-refractivity contribution in [1.29, 1.82) is 0 Å². The fraction of sp³-hybridized carbons (Fsp3) is 0.500. The largest absolute Gasteiger partial charge is 0.466 e. The van der Waals surface area contributed by atoms with Crippen molar-refractivity contribution in [3.05, 3.63) is 12.2 Å². The zero-order chi connectivity index (χ0) is 11.3. The minimum Gasteiger partial charge on any atom is -0.466 e. The van der Waals surface area contributed by atoms with Crippen LogP contribution in [0.15, 0.2) is 12.2 Å². The van der Waals surface area contributed by atoms with E-state index in [9.17, 15) is 14.4 Å². The Morgan fingerprint density at radius 2 is 2.00 bits per heavy atom. The maximum absolute atomic E-state index is 11.2. The van der Waals surface area contributed by atoms with Gasteiger partial charge in [-0.1, -0.05) is 6.08 Å². The lowest BCUT2D eigenvalue weighted by Crippen LogP contribution is -2.29. The molecule has 0 aromatic carbocycles. The average molecular weight is 211 g/mol. The molecule has 1 heterocycles. The molecule has 0 unspecified atom stereocenters. The van der Waals surface area contributed by atoms with Crippen molar-refractivity contribution in [2.45, 2.75) is 19.3 Å². The maximum atomic E-state index is 11.2. The van der Waals surface area contributed by atoms with Crippen LogP contribution in [0.3, 0.4) is 0 Å². The third-order valence-electron chi connectivity index (χ3n) is 2.13. The Balaban J connectivity index is 2.31. The highest BCUT2D eigenvalue weighted by molar-refractivity contribution is 6.01. The highest BCUT2D eigenvalue weighted by Crippen LogP contribution is 2.11. The van der Waals surface area contributed by atoms with Crippen LogP contribution in [0.4, 0.5) is 0 Å². The zero-order valence-electron chi connectivity index (χ0n) is 8.56. The predicted molar refractivity (Wildman–Crippen MR) is 51.7 cm³/mol. The normalized spacial score (nSPS) is 16.5. The molecule has 0 aliphatic carbocycles. The number of imide groups is 1. The van der Waals surface area contributed by atoms with E-state index in [1.54, 1.807) is 6.08 Å². The molecule has 0 saturated carbocycles. The summed E-state index contributed by atoms with van der Waals surface area (Å²) in [6, 6.07) is 0. The van der Waals surface area contributed by atoms with Gasteiger partial charge in [0, 0.05) is 25.5 Å². The maximum Gasteiger partial charge on any atom is 0.330 e. The van der Waals surface area contributed by atoms with Gasteiger partial charge in [0.05, 0.1) is 7.11 Å². The monoisotopic (exact) mass is 211 g/mol. The van der Waals surface area contributed by atoms with E-state index in [-0.39, 0.29) is 11.8 Å². The van der Waals surface area contributed by atoms with Crippen molar-refractivity contribution < 1.29 is 19.1 Å². The molecule has 0 aromatic heterocycles. The van der Waals surface area contributed by atoms with Gasteiger partial charge in [0.1, 0.15) is 0 Å². The molecule has 1 saturated heterocycles. The number of ether oxygens (including phenoxy) is 1. The summed E-state index contributed by atoms with van der Waals surface area (Å²) in [5.41, 5.74) is 0. The second-order valence-corrected chi connectivity index (χ2v) is 3.15. The Hall–Kier alpha value is -1.65. The Morgan fingerprint density at radius 1 is 1.40 bits per heavy atom. The van der Waals surface area contributed by atoms with Crippen molar-refractivity contribution in [1.82, 2.24) is 4.90 Å². The number of methoxy groups -OCH3 is 1. The van der Waals surface area contributed by atoms with E-state index in [2.05, 4.69) is 4.74 Å². The van der Waals surface area contributed by atoms with Gasteiger partial charge in [-0.15, -0.1) is 0 Å². The second kappa shape index (κ2) is 5.29.